The average molecular weight is 283 g/mol. The van der Waals surface area contributed by atoms with Gasteiger partial charge in [0.2, 0.25) is 0 Å². The van der Waals surface area contributed by atoms with E-state index in [9.17, 15) is 4.79 Å². The Hall–Kier alpha value is -1.26. The minimum atomic E-state index is -0.955. The van der Waals surface area contributed by atoms with Crippen LogP contribution in [0.3, 0.4) is 0 Å². The van der Waals surface area contributed by atoms with Crippen LogP contribution in [0.25, 0.3) is 0 Å². The Balaban J connectivity index is 1.91. The number of hydrogen-bond acceptors (Lipinski definition) is 3. The summed E-state index contributed by atoms with van der Waals surface area (Å²) < 4.78 is 0. The summed E-state index contributed by atoms with van der Waals surface area (Å²) in [4.78, 5) is 13.2. The van der Waals surface area contributed by atoms with Crippen molar-refractivity contribution in [3.63, 3.8) is 0 Å². The van der Waals surface area contributed by atoms with E-state index in [1.165, 1.54) is 18.9 Å². The van der Waals surface area contributed by atoms with Crippen LogP contribution in [0.1, 0.15) is 23.2 Å². The maximum atomic E-state index is 10.8. The number of carboxylic acid groups (broad SMARTS) is 1. The summed E-state index contributed by atoms with van der Waals surface area (Å²) >= 11 is 6.08. The second-order valence-corrected chi connectivity index (χ2v) is 5.53. The number of nitrogens with one attached hydrogen (secondary N) is 1. The van der Waals surface area contributed by atoms with Crippen LogP contribution in [0.4, 0.5) is 5.69 Å². The maximum Gasteiger partial charge on any atom is 0.335 e. The first-order valence-electron chi connectivity index (χ1n) is 6.51. The Morgan fingerprint density at radius 3 is 2.74 bits per heavy atom. The van der Waals surface area contributed by atoms with Gasteiger partial charge in [-0.25, -0.2) is 4.79 Å². The molecule has 0 radical (unpaired) electrons. The molecule has 1 saturated heterocycles. The van der Waals surface area contributed by atoms with Crippen LogP contribution in [0.2, 0.25) is 5.02 Å². The highest BCUT2D eigenvalue weighted by atomic mass is 35.5. The number of aromatic carboxylic acids is 1. The van der Waals surface area contributed by atoms with Crippen molar-refractivity contribution < 1.29 is 9.90 Å². The fourth-order valence-corrected chi connectivity index (χ4v) is 2.56. The third kappa shape index (κ3) is 3.85. The molecular weight excluding hydrogens is 264 g/mol. The minimum Gasteiger partial charge on any atom is -0.478 e. The summed E-state index contributed by atoms with van der Waals surface area (Å²) in [5.74, 6) is -0.296. The first kappa shape index (κ1) is 14.2. The van der Waals surface area contributed by atoms with Gasteiger partial charge < -0.3 is 15.3 Å². The summed E-state index contributed by atoms with van der Waals surface area (Å²) in [6.45, 7) is 3.16. The number of rotatable bonds is 4. The van der Waals surface area contributed by atoms with E-state index < -0.39 is 5.97 Å². The third-order valence-electron chi connectivity index (χ3n) is 3.64. The van der Waals surface area contributed by atoms with Gasteiger partial charge in [0.25, 0.3) is 0 Å². The molecule has 5 heteroatoms. The van der Waals surface area contributed by atoms with Crippen LogP contribution in [0, 0.1) is 5.92 Å². The number of likely N-dealkylation sites (tertiary alicyclic amines) is 1. The van der Waals surface area contributed by atoms with Crippen molar-refractivity contribution in [3.05, 3.63) is 28.8 Å². The largest absolute Gasteiger partial charge is 0.478 e. The summed E-state index contributed by atoms with van der Waals surface area (Å²) in [5.41, 5.74) is 1.03. The van der Waals surface area contributed by atoms with Crippen LogP contribution < -0.4 is 5.32 Å². The van der Waals surface area contributed by atoms with E-state index in [4.69, 9.17) is 16.7 Å². The van der Waals surface area contributed by atoms with Crippen LogP contribution in [-0.2, 0) is 0 Å². The van der Waals surface area contributed by atoms with E-state index in [1.807, 2.05) is 0 Å². The molecule has 0 saturated carbocycles. The van der Waals surface area contributed by atoms with Crippen molar-refractivity contribution in [3.8, 4) is 0 Å². The van der Waals surface area contributed by atoms with Crippen molar-refractivity contribution in [2.75, 3.05) is 32.0 Å². The SMILES string of the molecule is CN1CCC(CNc2ccc(C(=O)O)cc2Cl)CC1. The summed E-state index contributed by atoms with van der Waals surface area (Å²) in [5, 5.41) is 12.7. The highest BCUT2D eigenvalue weighted by Gasteiger charge is 2.16. The molecule has 1 aliphatic rings. The highest BCUT2D eigenvalue weighted by Crippen LogP contribution is 2.24. The van der Waals surface area contributed by atoms with Gasteiger partial charge in [-0.3, -0.25) is 0 Å². The van der Waals surface area contributed by atoms with Crippen molar-refractivity contribution in [1.29, 1.82) is 0 Å². The Kier molecular flexibility index (Phi) is 4.66. The smallest absolute Gasteiger partial charge is 0.335 e. The van der Waals surface area contributed by atoms with Gasteiger partial charge in [-0.2, -0.15) is 0 Å². The normalized spacial score (nSPS) is 17.4. The molecule has 2 N–H and O–H groups in total. The van der Waals surface area contributed by atoms with Gasteiger partial charge in [-0.1, -0.05) is 11.6 Å². The number of carboxylic acids is 1. The molecule has 19 heavy (non-hydrogen) atoms. The maximum absolute atomic E-state index is 10.8. The molecule has 0 amide bonds. The van der Waals surface area contributed by atoms with Crippen molar-refractivity contribution in [2.24, 2.45) is 5.92 Å². The Morgan fingerprint density at radius 2 is 2.16 bits per heavy atom. The first-order chi connectivity index (χ1) is 9.06. The molecule has 0 bridgehead atoms. The lowest BCUT2D eigenvalue weighted by molar-refractivity contribution is 0.0697. The molecule has 0 atom stereocenters. The van der Waals surface area contributed by atoms with Gasteiger partial charge in [0.15, 0.2) is 0 Å². The molecule has 0 spiro atoms. The van der Waals surface area contributed by atoms with Crippen molar-refractivity contribution >= 4 is 23.3 Å². The van der Waals surface area contributed by atoms with E-state index in [-0.39, 0.29) is 5.56 Å². The molecule has 0 aliphatic carbocycles. The Bertz CT molecular complexity index is 457. The lowest BCUT2D eigenvalue weighted by atomic mass is 9.97. The monoisotopic (exact) mass is 282 g/mol. The van der Waals surface area contributed by atoms with Gasteiger partial charge in [0, 0.05) is 6.54 Å². The highest BCUT2D eigenvalue weighted by molar-refractivity contribution is 6.33. The van der Waals surface area contributed by atoms with Crippen molar-refractivity contribution in [1.82, 2.24) is 4.90 Å². The average Bonchev–Trinajstić information content (AvgIpc) is 2.39. The van der Waals surface area contributed by atoms with Crippen LogP contribution in [0.15, 0.2) is 18.2 Å². The fourth-order valence-electron chi connectivity index (χ4n) is 2.31. The number of halogens is 1. The second-order valence-electron chi connectivity index (χ2n) is 5.13. The zero-order valence-corrected chi connectivity index (χ0v) is 11.8. The van der Waals surface area contributed by atoms with Gasteiger partial charge in [-0.15, -0.1) is 0 Å². The molecule has 1 aliphatic heterocycles. The number of hydrogen-bond donors (Lipinski definition) is 2. The predicted molar refractivity (Wildman–Crippen MR) is 77.1 cm³/mol. The zero-order valence-electron chi connectivity index (χ0n) is 11.0. The molecule has 2 rings (SSSR count). The standard InChI is InChI=1S/C14H19ClN2O2/c1-17-6-4-10(5-7-17)9-16-13-3-2-11(14(18)19)8-12(13)15/h2-3,8,10,16H,4-7,9H2,1H3,(H,18,19). The van der Waals surface area contributed by atoms with Gasteiger partial charge in [-0.05, 0) is 57.1 Å². The third-order valence-corrected chi connectivity index (χ3v) is 3.95. The second kappa shape index (κ2) is 6.26. The molecule has 1 heterocycles. The molecule has 1 aromatic rings. The fraction of sp³-hybridized carbons (Fsp3) is 0.500. The van der Waals surface area contributed by atoms with Gasteiger partial charge in [0.05, 0.1) is 16.3 Å². The van der Waals surface area contributed by atoms with E-state index in [2.05, 4.69) is 17.3 Å². The number of carbonyl (C=O) groups is 1. The molecule has 1 aromatic carbocycles. The van der Waals surface area contributed by atoms with Crippen molar-refractivity contribution in [2.45, 2.75) is 12.8 Å². The van der Waals surface area contributed by atoms with Crippen LogP contribution in [0.5, 0.6) is 0 Å². The molecule has 0 aromatic heterocycles. The first-order valence-corrected chi connectivity index (χ1v) is 6.89. The lowest BCUT2D eigenvalue weighted by Gasteiger charge is -2.29. The van der Waals surface area contributed by atoms with E-state index >= 15 is 0 Å². The van der Waals surface area contributed by atoms with E-state index in [1.54, 1.807) is 12.1 Å². The molecule has 104 valence electrons. The topological polar surface area (TPSA) is 52.6 Å². The summed E-state index contributed by atoms with van der Waals surface area (Å²) in [6, 6.07) is 4.80. The molecule has 4 nitrogen and oxygen atoms in total. The number of piperidine rings is 1. The van der Waals surface area contributed by atoms with E-state index in [0.717, 1.165) is 25.3 Å². The zero-order chi connectivity index (χ0) is 13.8. The van der Waals surface area contributed by atoms with Crippen LogP contribution in [-0.4, -0.2) is 42.7 Å². The predicted octanol–water partition coefficient (Wildman–Crippen LogP) is 2.79. The Labute approximate surface area is 118 Å². The molecule has 0 unspecified atom stereocenters. The van der Waals surface area contributed by atoms with E-state index in [0.29, 0.717) is 10.9 Å². The summed E-state index contributed by atoms with van der Waals surface area (Å²) in [6.07, 6.45) is 2.38. The molecule has 1 fully saturated rings. The summed E-state index contributed by atoms with van der Waals surface area (Å²) in [7, 11) is 2.14. The van der Waals surface area contributed by atoms with Gasteiger partial charge >= 0.3 is 5.97 Å². The minimum absolute atomic E-state index is 0.217. The quantitative estimate of drug-likeness (QED) is 0.892. The Morgan fingerprint density at radius 1 is 1.47 bits per heavy atom. The number of anilines is 1. The number of benzene rings is 1. The molecular formula is C14H19ClN2O2. The number of nitrogens with zero attached hydrogens (tertiary/aromatic N) is 1. The lowest BCUT2D eigenvalue weighted by Crippen LogP contribution is -2.32. The van der Waals surface area contributed by atoms with Crippen LogP contribution >= 0.6 is 11.6 Å². The van der Waals surface area contributed by atoms with Gasteiger partial charge in [0.1, 0.15) is 0 Å².